The van der Waals surface area contributed by atoms with Gasteiger partial charge in [-0.1, -0.05) is 0 Å². The third-order valence-corrected chi connectivity index (χ3v) is 2.46. The van der Waals surface area contributed by atoms with Crippen molar-refractivity contribution >= 4 is 15.9 Å². The molecule has 0 spiro atoms. The number of nitrogens with zero attached hydrogens (tertiary/aromatic N) is 2. The molecule has 1 aliphatic rings. The summed E-state index contributed by atoms with van der Waals surface area (Å²) in [6.45, 7) is 1.90. The van der Waals surface area contributed by atoms with Gasteiger partial charge in [0.05, 0.1) is 5.69 Å². The monoisotopic (exact) mass is 201 g/mol. The molecule has 0 unspecified atom stereocenters. The summed E-state index contributed by atoms with van der Waals surface area (Å²) < 4.78 is 2.90. The normalized spacial score (nSPS) is 15.8. The number of fused-ring (bicyclic) bond motifs is 1. The lowest BCUT2D eigenvalue weighted by atomic mass is 10.3. The van der Waals surface area contributed by atoms with Crippen LogP contribution in [0, 0.1) is 0 Å². The van der Waals surface area contributed by atoms with Gasteiger partial charge in [0, 0.05) is 25.7 Å². The summed E-state index contributed by atoms with van der Waals surface area (Å²) in [6.07, 6.45) is 0. The van der Waals surface area contributed by atoms with E-state index >= 15 is 0 Å². The number of hydrogen-bond acceptors (Lipinski definition) is 2. The highest BCUT2D eigenvalue weighted by Gasteiger charge is 2.18. The van der Waals surface area contributed by atoms with Gasteiger partial charge in [-0.2, -0.15) is 5.10 Å². The van der Waals surface area contributed by atoms with E-state index in [0.717, 1.165) is 17.7 Å². The zero-order chi connectivity index (χ0) is 7.14. The van der Waals surface area contributed by atoms with E-state index in [1.54, 1.807) is 0 Å². The second-order valence-corrected chi connectivity index (χ2v) is 3.19. The smallest absolute Gasteiger partial charge is 0.132 e. The predicted octanol–water partition coefficient (Wildman–Crippen LogP) is 0.786. The van der Waals surface area contributed by atoms with Gasteiger partial charge >= 0.3 is 0 Å². The average molecular weight is 202 g/mol. The maximum Gasteiger partial charge on any atom is 0.132 e. The van der Waals surface area contributed by atoms with Gasteiger partial charge in [-0.05, 0) is 15.9 Å². The van der Waals surface area contributed by atoms with Crippen molar-refractivity contribution in [2.45, 2.75) is 13.1 Å². The van der Waals surface area contributed by atoms with Crippen LogP contribution in [0.4, 0.5) is 0 Å². The fourth-order valence-corrected chi connectivity index (χ4v) is 1.88. The highest BCUT2D eigenvalue weighted by Crippen LogP contribution is 2.22. The lowest BCUT2D eigenvalue weighted by molar-refractivity contribution is 0.664. The van der Waals surface area contributed by atoms with Crippen molar-refractivity contribution < 1.29 is 0 Å². The van der Waals surface area contributed by atoms with Crippen molar-refractivity contribution in [1.82, 2.24) is 15.1 Å². The fourth-order valence-electron chi connectivity index (χ4n) is 1.27. The van der Waals surface area contributed by atoms with E-state index in [0.29, 0.717) is 0 Å². The molecule has 2 heterocycles. The van der Waals surface area contributed by atoms with Crippen molar-refractivity contribution in [2.24, 2.45) is 7.05 Å². The van der Waals surface area contributed by atoms with Crippen LogP contribution in [0.25, 0.3) is 0 Å². The Morgan fingerprint density at radius 2 is 2.40 bits per heavy atom. The maximum atomic E-state index is 4.23. The molecule has 0 aromatic carbocycles. The van der Waals surface area contributed by atoms with Crippen molar-refractivity contribution in [2.75, 3.05) is 0 Å². The van der Waals surface area contributed by atoms with E-state index in [1.165, 1.54) is 11.3 Å². The SMILES string of the molecule is Cn1nc(Br)c2c1CNC2. The standard InChI is InChI=1S/C6H8BrN3/c1-10-5-3-8-2-4(5)6(7)9-10/h8H,2-3H2,1H3. The molecule has 1 aromatic rings. The largest absolute Gasteiger partial charge is 0.307 e. The van der Waals surface area contributed by atoms with Gasteiger partial charge in [0.1, 0.15) is 4.60 Å². The first kappa shape index (κ1) is 6.37. The Balaban J connectivity index is 2.61. The minimum absolute atomic E-state index is 0.948. The Bertz CT molecular complexity index is 242. The molecule has 2 rings (SSSR count). The van der Waals surface area contributed by atoms with Crippen LogP contribution < -0.4 is 5.32 Å². The number of aryl methyl sites for hydroxylation is 1. The Morgan fingerprint density at radius 1 is 1.60 bits per heavy atom. The molecule has 0 atom stereocenters. The molecule has 1 aromatic heterocycles. The van der Waals surface area contributed by atoms with Crippen molar-refractivity contribution in [3.05, 3.63) is 15.9 Å². The zero-order valence-corrected chi connectivity index (χ0v) is 7.27. The summed E-state index contributed by atoms with van der Waals surface area (Å²) in [7, 11) is 1.97. The Kier molecular flexibility index (Phi) is 1.32. The number of rotatable bonds is 0. The fraction of sp³-hybridized carbons (Fsp3) is 0.500. The van der Waals surface area contributed by atoms with Crippen molar-refractivity contribution in [3.63, 3.8) is 0 Å². The summed E-state index contributed by atoms with van der Waals surface area (Å²) in [4.78, 5) is 0. The number of halogens is 1. The summed E-state index contributed by atoms with van der Waals surface area (Å²) in [5, 5.41) is 7.48. The average Bonchev–Trinajstić information content (AvgIpc) is 2.39. The molecule has 0 radical (unpaired) electrons. The zero-order valence-electron chi connectivity index (χ0n) is 5.69. The summed E-state index contributed by atoms with van der Waals surface area (Å²) in [5.74, 6) is 0. The van der Waals surface area contributed by atoms with Gasteiger partial charge in [0.15, 0.2) is 0 Å². The molecule has 4 heteroatoms. The van der Waals surface area contributed by atoms with Crippen LogP contribution in [-0.4, -0.2) is 9.78 Å². The second kappa shape index (κ2) is 2.07. The quantitative estimate of drug-likeness (QED) is 0.673. The Hall–Kier alpha value is -0.350. The van der Waals surface area contributed by atoms with Gasteiger partial charge in [-0.15, -0.1) is 0 Å². The van der Waals surface area contributed by atoms with Crippen molar-refractivity contribution in [1.29, 1.82) is 0 Å². The van der Waals surface area contributed by atoms with Crippen LogP contribution in [0.3, 0.4) is 0 Å². The second-order valence-electron chi connectivity index (χ2n) is 2.44. The lowest BCUT2D eigenvalue weighted by Gasteiger charge is -1.93. The number of hydrogen-bond donors (Lipinski definition) is 1. The third-order valence-electron chi connectivity index (χ3n) is 1.82. The molecule has 0 saturated heterocycles. The molecule has 0 bridgehead atoms. The molecule has 0 saturated carbocycles. The van der Waals surface area contributed by atoms with E-state index in [9.17, 15) is 0 Å². The van der Waals surface area contributed by atoms with E-state index in [-0.39, 0.29) is 0 Å². The molecule has 0 aliphatic carbocycles. The molecular formula is C6H8BrN3. The van der Waals surface area contributed by atoms with E-state index in [2.05, 4.69) is 26.3 Å². The predicted molar refractivity (Wildman–Crippen MR) is 41.5 cm³/mol. The Morgan fingerprint density at radius 3 is 3.10 bits per heavy atom. The van der Waals surface area contributed by atoms with Crippen LogP contribution in [0.2, 0.25) is 0 Å². The highest BCUT2D eigenvalue weighted by atomic mass is 79.9. The minimum atomic E-state index is 0.948. The van der Waals surface area contributed by atoms with Crippen LogP contribution in [0.15, 0.2) is 4.60 Å². The molecule has 0 amide bonds. The van der Waals surface area contributed by atoms with Gasteiger partial charge in [-0.3, -0.25) is 4.68 Å². The molecule has 0 fully saturated rings. The molecule has 10 heavy (non-hydrogen) atoms. The van der Waals surface area contributed by atoms with Gasteiger partial charge in [-0.25, -0.2) is 0 Å². The van der Waals surface area contributed by atoms with Crippen molar-refractivity contribution in [3.8, 4) is 0 Å². The van der Waals surface area contributed by atoms with Crippen LogP contribution >= 0.6 is 15.9 Å². The van der Waals surface area contributed by atoms with Gasteiger partial charge in [0.2, 0.25) is 0 Å². The van der Waals surface area contributed by atoms with E-state index in [4.69, 9.17) is 0 Å². The summed E-state index contributed by atoms with van der Waals surface area (Å²) in [5.41, 5.74) is 2.61. The summed E-state index contributed by atoms with van der Waals surface area (Å²) in [6, 6.07) is 0. The number of nitrogens with one attached hydrogen (secondary N) is 1. The first-order valence-electron chi connectivity index (χ1n) is 3.20. The van der Waals surface area contributed by atoms with Gasteiger partial charge in [0.25, 0.3) is 0 Å². The van der Waals surface area contributed by atoms with Crippen LogP contribution in [0.5, 0.6) is 0 Å². The molecule has 54 valence electrons. The third kappa shape index (κ3) is 0.722. The molecule has 1 aliphatic heterocycles. The topological polar surface area (TPSA) is 29.9 Å². The first-order valence-corrected chi connectivity index (χ1v) is 3.99. The molecule has 3 nitrogen and oxygen atoms in total. The molecule has 1 N–H and O–H groups in total. The number of aromatic nitrogens is 2. The van der Waals surface area contributed by atoms with Crippen LogP contribution in [0.1, 0.15) is 11.3 Å². The van der Waals surface area contributed by atoms with E-state index in [1.807, 2.05) is 11.7 Å². The van der Waals surface area contributed by atoms with Crippen LogP contribution in [-0.2, 0) is 20.1 Å². The molecular weight excluding hydrogens is 194 g/mol. The maximum absolute atomic E-state index is 4.23. The summed E-state index contributed by atoms with van der Waals surface area (Å²) >= 11 is 3.40. The Labute approximate surface area is 67.5 Å². The highest BCUT2D eigenvalue weighted by molar-refractivity contribution is 9.10. The van der Waals surface area contributed by atoms with Gasteiger partial charge < -0.3 is 5.32 Å². The van der Waals surface area contributed by atoms with E-state index < -0.39 is 0 Å². The minimum Gasteiger partial charge on any atom is -0.307 e. The lowest BCUT2D eigenvalue weighted by Crippen LogP contribution is -2.05. The first-order chi connectivity index (χ1) is 4.79.